The van der Waals surface area contributed by atoms with E-state index in [0.717, 1.165) is 11.3 Å². The molecule has 104 valence electrons. The van der Waals surface area contributed by atoms with Gasteiger partial charge in [-0.2, -0.15) is 0 Å². The van der Waals surface area contributed by atoms with Crippen molar-refractivity contribution in [3.05, 3.63) is 59.4 Å². The van der Waals surface area contributed by atoms with Crippen LogP contribution in [0.1, 0.15) is 35.7 Å². The van der Waals surface area contributed by atoms with Crippen molar-refractivity contribution in [2.75, 3.05) is 5.32 Å². The number of carbonyl (C=O) groups is 1. The number of rotatable bonds is 3. The number of amides is 1. The zero-order valence-corrected chi connectivity index (χ0v) is 12.2. The Morgan fingerprint density at radius 3 is 2.60 bits per heavy atom. The summed E-state index contributed by atoms with van der Waals surface area (Å²) in [6.07, 6.45) is 0. The molecule has 1 amide bonds. The highest BCUT2D eigenvalue weighted by molar-refractivity contribution is 7.80. The Balaban J connectivity index is 2.19. The van der Waals surface area contributed by atoms with E-state index in [2.05, 4.69) is 31.8 Å². The van der Waals surface area contributed by atoms with Crippen LogP contribution in [0.2, 0.25) is 0 Å². The monoisotopic (exact) mass is 289 g/mol. The number of hydrogen-bond acceptors (Lipinski definition) is 2. The molecule has 0 aromatic heterocycles. The van der Waals surface area contributed by atoms with Crippen molar-refractivity contribution in [3.63, 3.8) is 0 Å². The van der Waals surface area contributed by atoms with Gasteiger partial charge in [-0.05, 0) is 41.8 Å². The van der Waals surface area contributed by atoms with Gasteiger partial charge in [-0.25, -0.2) is 4.39 Å². The minimum Gasteiger partial charge on any atom is -0.322 e. The van der Waals surface area contributed by atoms with E-state index >= 15 is 0 Å². The minimum atomic E-state index is -0.438. The highest BCUT2D eigenvalue weighted by atomic mass is 32.1. The Bertz CT molecular complexity index is 640. The molecule has 0 bridgehead atoms. The predicted molar refractivity (Wildman–Crippen MR) is 82.1 cm³/mol. The number of thiol groups is 1. The van der Waals surface area contributed by atoms with Crippen LogP contribution in [0.15, 0.2) is 47.4 Å². The van der Waals surface area contributed by atoms with Gasteiger partial charge in [0.1, 0.15) is 5.82 Å². The fourth-order valence-electron chi connectivity index (χ4n) is 1.83. The van der Waals surface area contributed by atoms with Crippen molar-refractivity contribution >= 4 is 24.2 Å². The summed E-state index contributed by atoms with van der Waals surface area (Å²) in [7, 11) is 0. The molecule has 0 radical (unpaired) electrons. The maximum absolute atomic E-state index is 13.1. The summed E-state index contributed by atoms with van der Waals surface area (Å²) in [5, 5.41) is 2.80. The third kappa shape index (κ3) is 3.39. The smallest absolute Gasteiger partial charge is 0.255 e. The molecule has 2 aromatic carbocycles. The van der Waals surface area contributed by atoms with Crippen molar-refractivity contribution in [1.82, 2.24) is 0 Å². The lowest BCUT2D eigenvalue weighted by Crippen LogP contribution is -2.12. The molecule has 2 nitrogen and oxygen atoms in total. The van der Waals surface area contributed by atoms with E-state index in [1.807, 2.05) is 24.3 Å². The lowest BCUT2D eigenvalue weighted by atomic mass is 10.0. The summed E-state index contributed by atoms with van der Waals surface area (Å²) in [5.74, 6) is -0.324. The first kappa shape index (κ1) is 14.6. The first-order chi connectivity index (χ1) is 9.47. The average molecular weight is 289 g/mol. The van der Waals surface area contributed by atoms with Gasteiger partial charge in [0.15, 0.2) is 0 Å². The van der Waals surface area contributed by atoms with Gasteiger partial charge in [0.2, 0.25) is 0 Å². The highest BCUT2D eigenvalue weighted by Gasteiger charge is 2.09. The zero-order valence-electron chi connectivity index (χ0n) is 11.4. The average Bonchev–Trinajstić information content (AvgIpc) is 2.42. The van der Waals surface area contributed by atoms with Crippen LogP contribution >= 0.6 is 12.6 Å². The second-order valence-electron chi connectivity index (χ2n) is 4.90. The molecule has 0 aliphatic heterocycles. The van der Waals surface area contributed by atoms with Gasteiger partial charge in [0.25, 0.3) is 5.91 Å². The van der Waals surface area contributed by atoms with E-state index in [1.165, 1.54) is 18.2 Å². The fourth-order valence-corrected chi connectivity index (χ4v) is 2.05. The molecule has 0 heterocycles. The lowest BCUT2D eigenvalue weighted by Gasteiger charge is -2.10. The Labute approximate surface area is 123 Å². The van der Waals surface area contributed by atoms with Crippen LogP contribution in [0.3, 0.4) is 0 Å². The number of anilines is 1. The van der Waals surface area contributed by atoms with Gasteiger partial charge in [-0.1, -0.05) is 26.0 Å². The van der Waals surface area contributed by atoms with Gasteiger partial charge in [0.05, 0.1) is 0 Å². The molecule has 0 atom stereocenters. The van der Waals surface area contributed by atoms with Crippen LogP contribution in [-0.4, -0.2) is 5.91 Å². The van der Waals surface area contributed by atoms with E-state index < -0.39 is 5.82 Å². The topological polar surface area (TPSA) is 29.1 Å². The van der Waals surface area contributed by atoms with Crippen LogP contribution in [-0.2, 0) is 0 Å². The van der Waals surface area contributed by atoms with Gasteiger partial charge in [0, 0.05) is 16.1 Å². The van der Waals surface area contributed by atoms with Crippen molar-refractivity contribution in [2.45, 2.75) is 24.7 Å². The minimum absolute atomic E-state index is 0.161. The van der Waals surface area contributed by atoms with Crippen molar-refractivity contribution in [2.24, 2.45) is 0 Å². The van der Waals surface area contributed by atoms with E-state index in [1.54, 1.807) is 0 Å². The molecule has 0 saturated carbocycles. The Kier molecular flexibility index (Phi) is 4.45. The second kappa shape index (κ2) is 6.09. The molecule has 2 aromatic rings. The van der Waals surface area contributed by atoms with E-state index in [-0.39, 0.29) is 10.8 Å². The molecule has 0 aliphatic carbocycles. The van der Waals surface area contributed by atoms with Gasteiger partial charge >= 0.3 is 0 Å². The van der Waals surface area contributed by atoms with Crippen LogP contribution in [0, 0.1) is 5.82 Å². The summed E-state index contributed by atoms with van der Waals surface area (Å²) in [6, 6.07) is 11.8. The van der Waals surface area contributed by atoms with Gasteiger partial charge in [-0.3, -0.25) is 4.79 Å². The quantitative estimate of drug-likeness (QED) is 0.801. The maximum atomic E-state index is 13.1. The zero-order chi connectivity index (χ0) is 14.7. The summed E-state index contributed by atoms with van der Waals surface area (Å²) in [6.45, 7) is 4.18. The summed E-state index contributed by atoms with van der Waals surface area (Å²) >= 11 is 3.98. The Morgan fingerprint density at radius 2 is 1.95 bits per heavy atom. The first-order valence-corrected chi connectivity index (χ1v) is 6.82. The van der Waals surface area contributed by atoms with E-state index in [0.29, 0.717) is 11.5 Å². The van der Waals surface area contributed by atoms with Gasteiger partial charge < -0.3 is 5.32 Å². The molecule has 0 aliphatic rings. The number of nitrogens with one attached hydrogen (secondary N) is 1. The highest BCUT2D eigenvalue weighted by Crippen LogP contribution is 2.20. The summed E-state index contributed by atoms with van der Waals surface area (Å²) in [4.78, 5) is 12.3. The van der Waals surface area contributed by atoms with Crippen molar-refractivity contribution in [1.29, 1.82) is 0 Å². The maximum Gasteiger partial charge on any atom is 0.255 e. The molecule has 2 rings (SSSR count). The van der Waals surface area contributed by atoms with Crippen LogP contribution in [0.25, 0.3) is 0 Å². The van der Waals surface area contributed by atoms with Crippen LogP contribution in [0.5, 0.6) is 0 Å². The summed E-state index contributed by atoms with van der Waals surface area (Å²) in [5.41, 5.74) is 2.26. The number of halogens is 1. The molecule has 1 N–H and O–H groups in total. The second-order valence-corrected chi connectivity index (χ2v) is 5.38. The van der Waals surface area contributed by atoms with Gasteiger partial charge in [-0.15, -0.1) is 12.6 Å². The SMILES string of the molecule is CC(C)c1cccc(NC(=O)c2ccc(F)c(S)c2)c1. The molecule has 0 spiro atoms. The summed E-state index contributed by atoms with van der Waals surface area (Å²) < 4.78 is 13.1. The Hall–Kier alpha value is -1.81. The molecule has 0 saturated heterocycles. The first-order valence-electron chi connectivity index (χ1n) is 6.37. The van der Waals surface area contributed by atoms with Crippen LogP contribution in [0.4, 0.5) is 10.1 Å². The third-order valence-corrected chi connectivity index (χ3v) is 3.36. The molecule has 0 unspecified atom stereocenters. The fraction of sp³-hybridized carbons (Fsp3) is 0.188. The number of benzene rings is 2. The normalized spacial score (nSPS) is 10.7. The van der Waals surface area contributed by atoms with Crippen LogP contribution < -0.4 is 5.32 Å². The third-order valence-electron chi connectivity index (χ3n) is 3.02. The predicted octanol–water partition coefficient (Wildman–Crippen LogP) is 4.49. The molecule has 4 heteroatoms. The van der Waals surface area contributed by atoms with E-state index in [9.17, 15) is 9.18 Å². The van der Waals surface area contributed by atoms with Crippen molar-refractivity contribution < 1.29 is 9.18 Å². The lowest BCUT2D eigenvalue weighted by molar-refractivity contribution is 0.102. The Morgan fingerprint density at radius 1 is 1.20 bits per heavy atom. The van der Waals surface area contributed by atoms with Crippen molar-refractivity contribution in [3.8, 4) is 0 Å². The number of hydrogen-bond donors (Lipinski definition) is 2. The van der Waals surface area contributed by atoms with E-state index in [4.69, 9.17) is 0 Å². The molecular weight excluding hydrogens is 273 g/mol. The molecule has 20 heavy (non-hydrogen) atoms. The largest absolute Gasteiger partial charge is 0.322 e. The number of carbonyl (C=O) groups excluding carboxylic acids is 1. The molecular formula is C16H16FNOS. The standard InChI is InChI=1S/C16H16FNOS/c1-10(2)11-4-3-5-13(8-11)18-16(19)12-6-7-14(17)15(20)9-12/h3-10,20H,1-2H3,(H,18,19). The molecule has 0 fully saturated rings.